The maximum atomic E-state index is 12.6. The van der Waals surface area contributed by atoms with Crippen LogP contribution in [-0.4, -0.2) is 31.9 Å². The Morgan fingerprint density at radius 3 is 2.65 bits per heavy atom. The first-order chi connectivity index (χ1) is 9.07. The fourth-order valence-corrected chi connectivity index (χ4v) is 4.64. The van der Waals surface area contributed by atoms with Crippen LogP contribution >= 0.6 is 12.4 Å². The first-order valence-corrected chi connectivity index (χ1v) is 8.39. The Morgan fingerprint density at radius 2 is 1.90 bits per heavy atom. The van der Waals surface area contributed by atoms with E-state index >= 15 is 0 Å². The average molecular weight is 317 g/mol. The van der Waals surface area contributed by atoms with Crippen molar-refractivity contribution in [2.75, 3.05) is 13.1 Å². The van der Waals surface area contributed by atoms with Gasteiger partial charge in [-0.1, -0.05) is 6.07 Å². The summed E-state index contributed by atoms with van der Waals surface area (Å²) in [7, 11) is -3.36. The minimum absolute atomic E-state index is 0. The van der Waals surface area contributed by atoms with Crippen molar-refractivity contribution in [3.63, 3.8) is 0 Å². The highest BCUT2D eigenvalue weighted by Crippen LogP contribution is 2.27. The smallest absolute Gasteiger partial charge is 0.243 e. The first-order valence-electron chi connectivity index (χ1n) is 6.95. The van der Waals surface area contributed by atoms with Gasteiger partial charge in [0.15, 0.2) is 0 Å². The van der Waals surface area contributed by atoms with Gasteiger partial charge >= 0.3 is 0 Å². The van der Waals surface area contributed by atoms with Crippen molar-refractivity contribution in [1.29, 1.82) is 0 Å². The highest BCUT2D eigenvalue weighted by molar-refractivity contribution is 7.89. The third-order valence-electron chi connectivity index (χ3n) is 4.13. The largest absolute Gasteiger partial charge is 0.327 e. The van der Waals surface area contributed by atoms with Gasteiger partial charge in [-0.05, 0) is 55.4 Å². The van der Waals surface area contributed by atoms with Crippen LogP contribution in [0.3, 0.4) is 0 Å². The number of halogens is 1. The van der Waals surface area contributed by atoms with Crippen molar-refractivity contribution in [1.82, 2.24) is 4.31 Å². The number of nitrogens with two attached hydrogens (primary N) is 1. The molecule has 2 N–H and O–H groups in total. The lowest BCUT2D eigenvalue weighted by molar-refractivity contribution is 0.316. The SMILES string of the molecule is Cl.NC1CCCN(S(=O)(=O)c2ccc3c(c2)CCC3)C1. The molecule has 0 bridgehead atoms. The molecule has 20 heavy (non-hydrogen) atoms. The quantitative estimate of drug-likeness (QED) is 0.903. The van der Waals surface area contributed by atoms with Crippen LogP contribution in [0.5, 0.6) is 0 Å². The third kappa shape index (κ3) is 2.86. The van der Waals surface area contributed by atoms with Crippen molar-refractivity contribution in [3.8, 4) is 0 Å². The van der Waals surface area contributed by atoms with E-state index in [1.54, 1.807) is 6.07 Å². The zero-order chi connectivity index (χ0) is 13.5. The van der Waals surface area contributed by atoms with Crippen LogP contribution in [0, 0.1) is 0 Å². The summed E-state index contributed by atoms with van der Waals surface area (Å²) in [5.41, 5.74) is 8.38. The Balaban J connectivity index is 0.00000147. The second-order valence-corrected chi connectivity index (χ2v) is 7.49. The van der Waals surface area contributed by atoms with Crippen LogP contribution in [-0.2, 0) is 22.9 Å². The minimum atomic E-state index is -3.36. The maximum absolute atomic E-state index is 12.6. The normalized spacial score (nSPS) is 23.1. The van der Waals surface area contributed by atoms with E-state index in [1.807, 2.05) is 12.1 Å². The first kappa shape index (κ1) is 15.8. The van der Waals surface area contributed by atoms with Crippen LogP contribution in [0.15, 0.2) is 23.1 Å². The molecule has 1 aliphatic heterocycles. The second-order valence-electron chi connectivity index (χ2n) is 5.55. The van der Waals surface area contributed by atoms with Gasteiger partial charge in [-0.15, -0.1) is 12.4 Å². The lowest BCUT2D eigenvalue weighted by Crippen LogP contribution is -2.45. The number of hydrogen-bond donors (Lipinski definition) is 1. The number of benzene rings is 1. The van der Waals surface area contributed by atoms with E-state index in [0.717, 1.165) is 32.1 Å². The van der Waals surface area contributed by atoms with E-state index in [-0.39, 0.29) is 18.4 Å². The van der Waals surface area contributed by atoms with Gasteiger partial charge in [-0.3, -0.25) is 0 Å². The molecule has 0 radical (unpaired) electrons. The molecule has 1 atom stereocenters. The molecular weight excluding hydrogens is 296 g/mol. The summed E-state index contributed by atoms with van der Waals surface area (Å²) >= 11 is 0. The summed E-state index contributed by atoms with van der Waals surface area (Å²) in [6.07, 6.45) is 4.97. The summed E-state index contributed by atoms with van der Waals surface area (Å²) in [6.45, 7) is 1.03. The summed E-state index contributed by atoms with van der Waals surface area (Å²) < 4.78 is 26.7. The van der Waals surface area contributed by atoms with Gasteiger partial charge in [-0.2, -0.15) is 4.31 Å². The maximum Gasteiger partial charge on any atom is 0.243 e. The zero-order valence-electron chi connectivity index (χ0n) is 11.4. The van der Waals surface area contributed by atoms with E-state index < -0.39 is 10.0 Å². The standard InChI is InChI=1S/C14H20N2O2S.ClH/c15-13-5-2-8-16(10-13)19(17,18)14-7-6-11-3-1-4-12(11)9-14;/h6-7,9,13H,1-5,8,10,15H2;1H. The number of hydrogen-bond acceptors (Lipinski definition) is 3. The molecule has 1 heterocycles. The highest BCUT2D eigenvalue weighted by atomic mass is 35.5. The van der Waals surface area contributed by atoms with Crippen LogP contribution < -0.4 is 5.73 Å². The molecule has 0 spiro atoms. The summed E-state index contributed by atoms with van der Waals surface area (Å²) in [5.74, 6) is 0. The molecule has 2 aliphatic rings. The Morgan fingerprint density at radius 1 is 1.15 bits per heavy atom. The van der Waals surface area contributed by atoms with Crippen molar-refractivity contribution in [2.45, 2.75) is 43.0 Å². The second kappa shape index (κ2) is 6.02. The molecule has 3 rings (SSSR count). The van der Waals surface area contributed by atoms with Gasteiger partial charge < -0.3 is 5.73 Å². The van der Waals surface area contributed by atoms with Crippen molar-refractivity contribution < 1.29 is 8.42 Å². The number of rotatable bonds is 2. The molecule has 4 nitrogen and oxygen atoms in total. The molecule has 112 valence electrons. The van der Waals surface area contributed by atoms with Crippen molar-refractivity contribution in [2.24, 2.45) is 5.73 Å². The summed E-state index contributed by atoms with van der Waals surface area (Å²) in [6, 6.07) is 5.55. The van der Waals surface area contributed by atoms with Gasteiger partial charge in [-0.25, -0.2) is 8.42 Å². The van der Waals surface area contributed by atoms with Gasteiger partial charge in [0.1, 0.15) is 0 Å². The van der Waals surface area contributed by atoms with E-state index in [9.17, 15) is 8.42 Å². The molecule has 1 aromatic rings. The average Bonchev–Trinajstić information content (AvgIpc) is 2.85. The Hall–Kier alpha value is -0.620. The third-order valence-corrected chi connectivity index (χ3v) is 5.99. The number of nitrogens with zero attached hydrogens (tertiary/aromatic N) is 1. The van der Waals surface area contributed by atoms with E-state index in [0.29, 0.717) is 18.0 Å². The van der Waals surface area contributed by atoms with Gasteiger partial charge in [0.05, 0.1) is 4.90 Å². The fourth-order valence-electron chi connectivity index (χ4n) is 3.05. The predicted octanol–water partition coefficient (Wildman–Crippen LogP) is 1.71. The highest BCUT2D eigenvalue weighted by Gasteiger charge is 2.29. The minimum Gasteiger partial charge on any atom is -0.327 e. The van der Waals surface area contributed by atoms with Crippen LogP contribution in [0.4, 0.5) is 0 Å². The van der Waals surface area contributed by atoms with Crippen LogP contribution in [0.1, 0.15) is 30.4 Å². The van der Waals surface area contributed by atoms with Crippen molar-refractivity contribution >= 4 is 22.4 Å². The molecule has 6 heteroatoms. The van der Waals surface area contributed by atoms with Crippen LogP contribution in [0.25, 0.3) is 0 Å². The number of sulfonamides is 1. The number of aryl methyl sites for hydroxylation is 2. The monoisotopic (exact) mass is 316 g/mol. The molecular formula is C14H21ClN2O2S. The van der Waals surface area contributed by atoms with Crippen molar-refractivity contribution in [3.05, 3.63) is 29.3 Å². The molecule has 1 fully saturated rings. The zero-order valence-corrected chi connectivity index (χ0v) is 13.0. The molecule has 1 unspecified atom stereocenters. The summed E-state index contributed by atoms with van der Waals surface area (Å²) in [4.78, 5) is 0.433. The number of fused-ring (bicyclic) bond motifs is 1. The van der Waals surface area contributed by atoms with E-state index in [2.05, 4.69) is 0 Å². The van der Waals surface area contributed by atoms with E-state index in [4.69, 9.17) is 5.73 Å². The van der Waals surface area contributed by atoms with Gasteiger partial charge in [0.25, 0.3) is 0 Å². The molecule has 1 aromatic carbocycles. The molecule has 0 aromatic heterocycles. The predicted molar refractivity (Wildman–Crippen MR) is 81.7 cm³/mol. The van der Waals surface area contributed by atoms with E-state index in [1.165, 1.54) is 15.4 Å². The molecule has 1 aliphatic carbocycles. The van der Waals surface area contributed by atoms with Gasteiger partial charge in [0.2, 0.25) is 10.0 Å². The lowest BCUT2D eigenvalue weighted by atomic mass is 10.1. The molecule has 1 saturated heterocycles. The fraction of sp³-hybridized carbons (Fsp3) is 0.571. The Labute approximate surface area is 126 Å². The molecule has 0 amide bonds. The topological polar surface area (TPSA) is 63.4 Å². The van der Waals surface area contributed by atoms with Gasteiger partial charge in [0, 0.05) is 19.1 Å². The Kier molecular flexibility index (Phi) is 4.74. The summed E-state index contributed by atoms with van der Waals surface area (Å²) in [5, 5.41) is 0. The van der Waals surface area contributed by atoms with Crippen LogP contribution in [0.2, 0.25) is 0 Å². The Bertz CT molecular complexity index is 589. The lowest BCUT2D eigenvalue weighted by Gasteiger charge is -2.30. The molecule has 0 saturated carbocycles. The number of piperidine rings is 1.